The summed E-state index contributed by atoms with van der Waals surface area (Å²) in [7, 11) is 0. The average molecular weight is 262 g/mol. The molecule has 1 amide bonds. The van der Waals surface area contributed by atoms with Crippen LogP contribution in [0.15, 0.2) is 0 Å². The Hall–Kier alpha value is -0.570. The van der Waals surface area contributed by atoms with Crippen LogP contribution in [0, 0.1) is 17.8 Å². The summed E-state index contributed by atoms with van der Waals surface area (Å²) in [5, 5.41) is 6.88. The van der Waals surface area contributed by atoms with Gasteiger partial charge in [0.15, 0.2) is 0 Å². The van der Waals surface area contributed by atoms with Crippen molar-refractivity contribution in [1.29, 1.82) is 0 Å². The first-order chi connectivity index (χ1) is 9.12. The second-order valence-corrected chi connectivity index (χ2v) is 7.85. The maximum atomic E-state index is 12.1. The Balaban J connectivity index is 1.42. The van der Waals surface area contributed by atoms with E-state index in [1.54, 1.807) is 0 Å². The van der Waals surface area contributed by atoms with E-state index in [2.05, 4.69) is 17.6 Å². The third kappa shape index (κ3) is 2.31. The summed E-state index contributed by atoms with van der Waals surface area (Å²) in [5.41, 5.74) is 0.301. The molecule has 106 valence electrons. The molecule has 3 heteroatoms. The average Bonchev–Trinajstić information content (AvgIpc) is 3.10. The summed E-state index contributed by atoms with van der Waals surface area (Å²) in [6.45, 7) is 2.05. The summed E-state index contributed by atoms with van der Waals surface area (Å²) in [5.74, 6) is 3.05. The van der Waals surface area contributed by atoms with Crippen LogP contribution in [0.1, 0.15) is 58.3 Å². The van der Waals surface area contributed by atoms with Gasteiger partial charge in [0, 0.05) is 11.6 Å². The third-order valence-electron chi connectivity index (χ3n) is 5.88. The highest BCUT2D eigenvalue weighted by atomic mass is 16.2. The molecule has 0 aromatic rings. The minimum atomic E-state index is -0.0168. The summed E-state index contributed by atoms with van der Waals surface area (Å²) >= 11 is 0. The molecule has 5 aliphatic rings. The van der Waals surface area contributed by atoms with Crippen molar-refractivity contribution in [3.63, 3.8) is 0 Å². The topological polar surface area (TPSA) is 41.1 Å². The molecule has 0 heterocycles. The molecule has 0 spiro atoms. The normalized spacial score (nSPS) is 45.2. The van der Waals surface area contributed by atoms with Gasteiger partial charge in [0.25, 0.3) is 0 Å². The quantitative estimate of drug-likeness (QED) is 0.815. The van der Waals surface area contributed by atoms with E-state index in [4.69, 9.17) is 0 Å². The maximum absolute atomic E-state index is 12.1. The number of hydrogen-bond donors (Lipinski definition) is 2. The van der Waals surface area contributed by atoms with Gasteiger partial charge >= 0.3 is 0 Å². The molecule has 5 saturated carbocycles. The van der Waals surface area contributed by atoms with Gasteiger partial charge in [-0.15, -0.1) is 0 Å². The van der Waals surface area contributed by atoms with Gasteiger partial charge in [-0.1, -0.05) is 0 Å². The summed E-state index contributed by atoms with van der Waals surface area (Å²) < 4.78 is 0. The minimum absolute atomic E-state index is 0.0168. The fraction of sp³-hybridized carbons (Fsp3) is 0.938. The van der Waals surface area contributed by atoms with E-state index < -0.39 is 0 Å². The third-order valence-corrected chi connectivity index (χ3v) is 5.88. The van der Waals surface area contributed by atoms with Crippen LogP contribution in [0.4, 0.5) is 0 Å². The first-order valence-electron chi connectivity index (χ1n) is 8.20. The maximum Gasteiger partial charge on any atom is 0.237 e. The molecule has 5 fully saturated rings. The molecule has 0 aromatic carbocycles. The first kappa shape index (κ1) is 12.2. The molecule has 4 bridgehead atoms. The second-order valence-electron chi connectivity index (χ2n) is 7.85. The standard InChI is InChI=1S/C16H26N2O/c1-10(15(19)17-14-2-3-14)18-16-7-11-4-12(8-16)6-13(5-11)9-16/h10-14,18H,2-9H2,1H3,(H,17,19)/t10-,11?,12?,13?,16?/m0/s1. The molecule has 0 aliphatic heterocycles. The number of nitrogens with one attached hydrogen (secondary N) is 2. The predicted octanol–water partition coefficient (Wildman–Crippen LogP) is 2.21. The van der Waals surface area contributed by atoms with Crippen LogP contribution < -0.4 is 10.6 Å². The molecule has 0 unspecified atom stereocenters. The lowest BCUT2D eigenvalue weighted by Crippen LogP contribution is -2.62. The van der Waals surface area contributed by atoms with Gasteiger partial charge in [-0.2, -0.15) is 0 Å². The highest BCUT2D eigenvalue weighted by Gasteiger charge is 2.51. The van der Waals surface area contributed by atoms with Gasteiger partial charge in [-0.25, -0.2) is 0 Å². The summed E-state index contributed by atoms with van der Waals surface area (Å²) in [6.07, 6.45) is 10.7. The molecule has 0 radical (unpaired) electrons. The zero-order chi connectivity index (χ0) is 13.0. The Morgan fingerprint density at radius 2 is 1.58 bits per heavy atom. The molecule has 5 rings (SSSR count). The number of hydrogen-bond acceptors (Lipinski definition) is 2. The monoisotopic (exact) mass is 262 g/mol. The minimum Gasteiger partial charge on any atom is -0.352 e. The van der Waals surface area contributed by atoms with Crippen molar-refractivity contribution in [2.24, 2.45) is 17.8 Å². The molecule has 19 heavy (non-hydrogen) atoms. The summed E-state index contributed by atoms with van der Waals surface area (Å²) in [4.78, 5) is 12.1. The number of amides is 1. The summed E-state index contributed by atoms with van der Waals surface area (Å²) in [6, 6.07) is 0.463. The molecule has 5 aliphatic carbocycles. The van der Waals surface area contributed by atoms with Crippen molar-refractivity contribution in [1.82, 2.24) is 10.6 Å². The lowest BCUT2D eigenvalue weighted by atomic mass is 9.53. The Labute approximate surface area is 115 Å². The van der Waals surface area contributed by atoms with E-state index in [-0.39, 0.29) is 11.9 Å². The van der Waals surface area contributed by atoms with E-state index in [0.29, 0.717) is 11.6 Å². The van der Waals surface area contributed by atoms with Crippen molar-refractivity contribution in [3.8, 4) is 0 Å². The van der Waals surface area contributed by atoms with Crippen LogP contribution in [-0.2, 0) is 4.79 Å². The Kier molecular flexibility index (Phi) is 2.70. The van der Waals surface area contributed by atoms with Gasteiger partial charge in [-0.3, -0.25) is 4.79 Å². The van der Waals surface area contributed by atoms with Crippen molar-refractivity contribution in [3.05, 3.63) is 0 Å². The van der Waals surface area contributed by atoms with Crippen molar-refractivity contribution in [2.45, 2.75) is 75.9 Å². The number of carbonyl (C=O) groups excluding carboxylic acids is 1. The molecule has 1 atom stereocenters. The predicted molar refractivity (Wildman–Crippen MR) is 74.7 cm³/mol. The largest absolute Gasteiger partial charge is 0.352 e. The van der Waals surface area contributed by atoms with E-state index in [1.165, 1.54) is 51.4 Å². The molecule has 0 saturated heterocycles. The SMILES string of the molecule is C[C@H](NC12CC3CC(CC(C3)C1)C2)C(=O)NC1CC1. The Morgan fingerprint density at radius 3 is 2.05 bits per heavy atom. The van der Waals surface area contributed by atoms with Crippen molar-refractivity contribution in [2.75, 3.05) is 0 Å². The van der Waals surface area contributed by atoms with Crippen LogP contribution >= 0.6 is 0 Å². The van der Waals surface area contributed by atoms with E-state index in [1.807, 2.05) is 0 Å². The van der Waals surface area contributed by atoms with Crippen LogP contribution in [0.25, 0.3) is 0 Å². The fourth-order valence-corrected chi connectivity index (χ4v) is 5.37. The number of carbonyl (C=O) groups is 1. The molecule has 2 N–H and O–H groups in total. The van der Waals surface area contributed by atoms with Crippen molar-refractivity contribution >= 4 is 5.91 Å². The van der Waals surface area contributed by atoms with Crippen LogP contribution in [-0.4, -0.2) is 23.5 Å². The lowest BCUT2D eigenvalue weighted by molar-refractivity contribution is -0.124. The highest BCUT2D eigenvalue weighted by Crippen LogP contribution is 2.55. The van der Waals surface area contributed by atoms with Gasteiger partial charge in [-0.05, 0) is 76.0 Å². The van der Waals surface area contributed by atoms with Gasteiger partial charge in [0.2, 0.25) is 5.91 Å². The van der Waals surface area contributed by atoms with Gasteiger partial charge in [0.05, 0.1) is 6.04 Å². The zero-order valence-corrected chi connectivity index (χ0v) is 12.0. The van der Waals surface area contributed by atoms with Gasteiger partial charge in [0.1, 0.15) is 0 Å². The highest BCUT2D eigenvalue weighted by molar-refractivity contribution is 5.82. The molecular formula is C16H26N2O. The van der Waals surface area contributed by atoms with Gasteiger partial charge < -0.3 is 10.6 Å². The second kappa shape index (κ2) is 4.21. The lowest BCUT2D eigenvalue weighted by Gasteiger charge is -2.57. The smallest absolute Gasteiger partial charge is 0.237 e. The Bertz CT molecular complexity index is 353. The molecule has 0 aromatic heterocycles. The van der Waals surface area contributed by atoms with E-state index in [0.717, 1.165) is 17.8 Å². The van der Waals surface area contributed by atoms with Crippen LogP contribution in [0.2, 0.25) is 0 Å². The zero-order valence-electron chi connectivity index (χ0n) is 12.0. The molecule has 3 nitrogen and oxygen atoms in total. The molecular weight excluding hydrogens is 236 g/mol. The first-order valence-corrected chi connectivity index (χ1v) is 8.20. The van der Waals surface area contributed by atoms with Crippen LogP contribution in [0.3, 0.4) is 0 Å². The van der Waals surface area contributed by atoms with E-state index >= 15 is 0 Å². The number of rotatable bonds is 4. The van der Waals surface area contributed by atoms with Crippen molar-refractivity contribution < 1.29 is 4.79 Å². The van der Waals surface area contributed by atoms with Crippen LogP contribution in [0.5, 0.6) is 0 Å². The van der Waals surface area contributed by atoms with E-state index in [9.17, 15) is 4.79 Å². The fourth-order valence-electron chi connectivity index (χ4n) is 5.37. The Morgan fingerprint density at radius 1 is 1.05 bits per heavy atom.